The molecule has 1 aromatic carbocycles. The van der Waals surface area contributed by atoms with E-state index in [4.69, 9.17) is 9.47 Å². The number of nitro benzene ring substituents is 1. The molecule has 34 heavy (non-hydrogen) atoms. The lowest BCUT2D eigenvalue weighted by atomic mass is 9.97. The summed E-state index contributed by atoms with van der Waals surface area (Å²) in [6.07, 6.45) is 2.93. The molecule has 10 nitrogen and oxygen atoms in total. The zero-order valence-electron chi connectivity index (χ0n) is 20.3. The van der Waals surface area contributed by atoms with Crippen LogP contribution in [0, 0.1) is 10.1 Å². The summed E-state index contributed by atoms with van der Waals surface area (Å²) < 4.78 is 12.2. The van der Waals surface area contributed by atoms with Gasteiger partial charge in [-0.3, -0.25) is 19.8 Å². The molecule has 184 valence electrons. The van der Waals surface area contributed by atoms with Gasteiger partial charge in [-0.25, -0.2) is 4.79 Å². The number of alkyl carbamates (subject to hydrolysis) is 1. The topological polar surface area (TPSA) is 116 Å². The number of rotatable bonds is 6. The van der Waals surface area contributed by atoms with Crippen molar-refractivity contribution in [2.45, 2.75) is 51.8 Å². The summed E-state index contributed by atoms with van der Waals surface area (Å²) in [5.41, 5.74) is 1.24. The molecule has 0 spiro atoms. The Balaban J connectivity index is 1.88. The van der Waals surface area contributed by atoms with Crippen LogP contribution in [0.5, 0.6) is 5.75 Å². The first-order chi connectivity index (χ1) is 16.0. The van der Waals surface area contributed by atoms with Crippen LogP contribution in [0.15, 0.2) is 35.3 Å². The third-order valence-corrected chi connectivity index (χ3v) is 5.63. The van der Waals surface area contributed by atoms with E-state index in [-0.39, 0.29) is 17.3 Å². The molecule has 0 saturated carbocycles. The first kappa shape index (κ1) is 25.2. The first-order valence-electron chi connectivity index (χ1n) is 11.2. The maximum absolute atomic E-state index is 12.2. The molecule has 1 unspecified atom stereocenters. The summed E-state index contributed by atoms with van der Waals surface area (Å²) in [6, 6.07) is 6.05. The molecule has 2 aromatic rings. The van der Waals surface area contributed by atoms with Gasteiger partial charge in [0.2, 0.25) is 0 Å². The van der Waals surface area contributed by atoms with Crippen LogP contribution in [0.1, 0.15) is 39.2 Å². The van der Waals surface area contributed by atoms with E-state index in [0.29, 0.717) is 30.0 Å². The van der Waals surface area contributed by atoms with E-state index in [0.717, 1.165) is 24.9 Å². The maximum Gasteiger partial charge on any atom is 0.407 e. The highest BCUT2D eigenvalue weighted by atomic mass is 16.6. The Kier molecular flexibility index (Phi) is 7.61. The highest BCUT2D eigenvalue weighted by Crippen LogP contribution is 2.34. The van der Waals surface area contributed by atoms with Crippen LogP contribution >= 0.6 is 0 Å². The number of ether oxygens (including phenoxy) is 2. The first-order valence-corrected chi connectivity index (χ1v) is 11.2. The van der Waals surface area contributed by atoms with Crippen molar-refractivity contribution < 1.29 is 19.2 Å². The molecule has 3 rings (SSSR count). The van der Waals surface area contributed by atoms with E-state index in [1.807, 2.05) is 20.8 Å². The van der Waals surface area contributed by atoms with Gasteiger partial charge in [0.15, 0.2) is 0 Å². The van der Waals surface area contributed by atoms with Crippen molar-refractivity contribution in [3.63, 3.8) is 0 Å². The maximum atomic E-state index is 12.2. The third kappa shape index (κ3) is 6.34. The molecular weight excluding hydrogens is 440 g/mol. The van der Waals surface area contributed by atoms with Gasteiger partial charge in [-0.15, -0.1) is 0 Å². The summed E-state index contributed by atoms with van der Waals surface area (Å²) >= 11 is 0. The number of nitrogens with zero attached hydrogens (tertiary/aromatic N) is 3. The molecule has 1 amide bonds. The summed E-state index contributed by atoms with van der Waals surface area (Å²) in [6.45, 7) is 7.44. The molecule has 0 radical (unpaired) electrons. The minimum absolute atomic E-state index is 0.0437. The fourth-order valence-corrected chi connectivity index (χ4v) is 4.08. The number of carbonyl (C=O) groups excluding carboxylic acids is 1. The van der Waals surface area contributed by atoms with Gasteiger partial charge in [-0.2, -0.15) is 0 Å². The standard InChI is InChI=1S/C24H32N4O6/c1-24(2,3)34-23(30)25-17-7-6-10-27(14-17)13-16-8-9-18(28(31)32)11-19(16)20-15-26(4)22(29)12-21(20)33-5/h8-9,11-12,15,17H,6-7,10,13-14H2,1-5H3,(H,25,30). The van der Waals surface area contributed by atoms with Gasteiger partial charge < -0.3 is 19.4 Å². The number of piperidine rings is 1. The second kappa shape index (κ2) is 10.3. The van der Waals surface area contributed by atoms with Gasteiger partial charge in [0.05, 0.1) is 12.0 Å². The Morgan fingerprint density at radius 2 is 2.00 bits per heavy atom. The van der Waals surface area contributed by atoms with Crippen molar-refractivity contribution in [1.29, 1.82) is 0 Å². The van der Waals surface area contributed by atoms with Crippen molar-refractivity contribution in [3.8, 4) is 16.9 Å². The number of likely N-dealkylation sites (tertiary alicyclic amines) is 1. The number of nitro groups is 1. The number of aromatic nitrogens is 1. The number of amides is 1. The molecule has 0 aliphatic carbocycles. The average Bonchev–Trinajstić information content (AvgIpc) is 2.74. The minimum atomic E-state index is -0.569. The minimum Gasteiger partial charge on any atom is -0.496 e. The van der Waals surface area contributed by atoms with Crippen molar-refractivity contribution in [2.24, 2.45) is 7.05 Å². The predicted molar refractivity (Wildman–Crippen MR) is 128 cm³/mol. The van der Waals surface area contributed by atoms with Gasteiger partial charge in [0.1, 0.15) is 11.4 Å². The summed E-state index contributed by atoms with van der Waals surface area (Å²) in [7, 11) is 3.09. The number of non-ortho nitro benzene ring substituents is 1. The van der Waals surface area contributed by atoms with E-state index in [2.05, 4.69) is 10.2 Å². The highest BCUT2D eigenvalue weighted by molar-refractivity contribution is 5.74. The number of pyridine rings is 1. The number of nitrogens with one attached hydrogen (secondary N) is 1. The van der Waals surface area contributed by atoms with Crippen LogP contribution in [0.3, 0.4) is 0 Å². The smallest absolute Gasteiger partial charge is 0.407 e. The molecule has 10 heteroatoms. The van der Waals surface area contributed by atoms with Crippen molar-refractivity contribution in [2.75, 3.05) is 20.2 Å². The lowest BCUT2D eigenvalue weighted by Crippen LogP contribution is -2.48. The third-order valence-electron chi connectivity index (χ3n) is 5.63. The second-order valence-electron chi connectivity index (χ2n) is 9.52. The Morgan fingerprint density at radius 3 is 2.65 bits per heavy atom. The van der Waals surface area contributed by atoms with Crippen LogP contribution in [0.25, 0.3) is 11.1 Å². The van der Waals surface area contributed by atoms with Gasteiger partial charge in [-0.1, -0.05) is 6.07 Å². The van der Waals surface area contributed by atoms with Gasteiger partial charge in [0.25, 0.3) is 11.2 Å². The molecule has 1 aliphatic heterocycles. The summed E-state index contributed by atoms with van der Waals surface area (Å²) in [5.74, 6) is 0.355. The molecule has 0 bridgehead atoms. The molecule has 1 fully saturated rings. The second-order valence-corrected chi connectivity index (χ2v) is 9.52. The van der Waals surface area contributed by atoms with Crippen LogP contribution in [0.2, 0.25) is 0 Å². The zero-order valence-corrected chi connectivity index (χ0v) is 20.3. The van der Waals surface area contributed by atoms with Gasteiger partial charge >= 0.3 is 6.09 Å². The van der Waals surface area contributed by atoms with Crippen molar-refractivity contribution in [1.82, 2.24) is 14.8 Å². The lowest BCUT2D eigenvalue weighted by Gasteiger charge is -2.34. The number of aryl methyl sites for hydroxylation is 1. The molecule has 1 saturated heterocycles. The van der Waals surface area contributed by atoms with E-state index in [1.165, 1.54) is 29.9 Å². The predicted octanol–water partition coefficient (Wildman–Crippen LogP) is 3.46. The average molecular weight is 473 g/mol. The van der Waals surface area contributed by atoms with Crippen LogP contribution in [0.4, 0.5) is 10.5 Å². The molecule has 1 atom stereocenters. The van der Waals surface area contributed by atoms with Gasteiger partial charge in [-0.05, 0) is 51.3 Å². The zero-order chi connectivity index (χ0) is 25.0. The SMILES string of the molecule is COc1cc(=O)n(C)cc1-c1cc([N+](=O)[O-])ccc1CN1CCCC(NC(=O)OC(C)(C)C)C1. The number of carbonyl (C=O) groups is 1. The molecule has 1 aromatic heterocycles. The highest BCUT2D eigenvalue weighted by Gasteiger charge is 2.25. The Bertz CT molecular complexity index is 1120. The largest absolute Gasteiger partial charge is 0.496 e. The van der Waals surface area contributed by atoms with Crippen LogP contribution in [-0.4, -0.2) is 52.3 Å². The number of hydrogen-bond acceptors (Lipinski definition) is 7. The Labute approximate surface area is 198 Å². The quantitative estimate of drug-likeness (QED) is 0.506. The van der Waals surface area contributed by atoms with Crippen LogP contribution < -0.4 is 15.6 Å². The van der Waals surface area contributed by atoms with E-state index < -0.39 is 16.6 Å². The normalized spacial score (nSPS) is 16.7. The van der Waals surface area contributed by atoms with E-state index in [1.54, 1.807) is 19.3 Å². The van der Waals surface area contributed by atoms with Gasteiger partial charge in [0, 0.05) is 56.1 Å². The fourth-order valence-electron chi connectivity index (χ4n) is 4.08. The number of benzene rings is 1. The van der Waals surface area contributed by atoms with E-state index in [9.17, 15) is 19.7 Å². The molecule has 1 aliphatic rings. The van der Waals surface area contributed by atoms with Crippen molar-refractivity contribution in [3.05, 3.63) is 56.5 Å². The number of methoxy groups -OCH3 is 1. The monoisotopic (exact) mass is 472 g/mol. The van der Waals surface area contributed by atoms with Crippen LogP contribution in [-0.2, 0) is 18.3 Å². The summed E-state index contributed by atoms with van der Waals surface area (Å²) in [4.78, 5) is 37.5. The lowest BCUT2D eigenvalue weighted by molar-refractivity contribution is -0.384. The molecular formula is C24H32N4O6. The molecule has 1 N–H and O–H groups in total. The van der Waals surface area contributed by atoms with E-state index >= 15 is 0 Å². The number of hydrogen-bond donors (Lipinski definition) is 1. The Morgan fingerprint density at radius 1 is 1.26 bits per heavy atom. The fraction of sp³-hybridized carbons (Fsp3) is 0.500. The Hall–Kier alpha value is -3.40. The molecule has 2 heterocycles. The summed E-state index contributed by atoms with van der Waals surface area (Å²) in [5, 5.41) is 14.4. The van der Waals surface area contributed by atoms with Crippen molar-refractivity contribution >= 4 is 11.8 Å².